The van der Waals surface area contributed by atoms with Gasteiger partial charge < -0.3 is 14.9 Å². The molecule has 1 aliphatic rings. The highest BCUT2D eigenvalue weighted by atomic mass is 16.5. The molecule has 5 heteroatoms. The van der Waals surface area contributed by atoms with Crippen molar-refractivity contribution in [2.75, 3.05) is 26.3 Å². The molecule has 1 rings (SSSR count). The van der Waals surface area contributed by atoms with Crippen molar-refractivity contribution in [3.63, 3.8) is 0 Å². The summed E-state index contributed by atoms with van der Waals surface area (Å²) >= 11 is 0. The van der Waals surface area contributed by atoms with Crippen LogP contribution < -0.4 is 0 Å². The average molecular weight is 215 g/mol. The summed E-state index contributed by atoms with van der Waals surface area (Å²) in [5.74, 6) is -0.936. The van der Waals surface area contributed by atoms with Gasteiger partial charge in [0.05, 0.1) is 19.3 Å². The van der Waals surface area contributed by atoms with E-state index in [1.54, 1.807) is 6.08 Å². The van der Waals surface area contributed by atoms with Crippen molar-refractivity contribution in [2.24, 2.45) is 0 Å². The van der Waals surface area contributed by atoms with Crippen molar-refractivity contribution < 1.29 is 19.7 Å². The molecule has 1 aliphatic heterocycles. The van der Waals surface area contributed by atoms with Crippen molar-refractivity contribution in [3.05, 3.63) is 12.2 Å². The van der Waals surface area contributed by atoms with Crippen LogP contribution in [0.1, 0.15) is 6.92 Å². The van der Waals surface area contributed by atoms with E-state index in [2.05, 4.69) is 4.90 Å². The molecule has 0 amide bonds. The number of nitrogens with zero attached hydrogens (tertiary/aromatic N) is 1. The summed E-state index contributed by atoms with van der Waals surface area (Å²) in [6.07, 6.45) is 2.59. The number of carboxylic acids is 1. The Hall–Kier alpha value is -0.910. The minimum atomic E-state index is -0.936. The number of carboxylic acid groups (broad SMARTS) is 1. The van der Waals surface area contributed by atoms with Gasteiger partial charge in [0, 0.05) is 25.2 Å². The second kappa shape index (κ2) is 5.85. The van der Waals surface area contributed by atoms with Gasteiger partial charge in [0.2, 0.25) is 0 Å². The number of hydrogen-bond acceptors (Lipinski definition) is 4. The summed E-state index contributed by atoms with van der Waals surface area (Å²) in [4.78, 5) is 12.4. The first-order chi connectivity index (χ1) is 7.13. The highest BCUT2D eigenvalue weighted by molar-refractivity contribution is 5.79. The fraction of sp³-hybridized carbons (Fsp3) is 0.700. The molecule has 2 N–H and O–H groups in total. The summed E-state index contributed by atoms with van der Waals surface area (Å²) in [5.41, 5.74) is 0. The zero-order valence-corrected chi connectivity index (χ0v) is 8.80. The second-order valence-corrected chi connectivity index (χ2v) is 3.68. The predicted octanol–water partition coefficient (Wildman–Crippen LogP) is -0.291. The van der Waals surface area contributed by atoms with E-state index >= 15 is 0 Å². The van der Waals surface area contributed by atoms with Crippen molar-refractivity contribution in [2.45, 2.75) is 19.1 Å². The lowest BCUT2D eigenvalue weighted by Gasteiger charge is -2.36. The van der Waals surface area contributed by atoms with Gasteiger partial charge in [-0.05, 0) is 6.92 Å². The Morgan fingerprint density at radius 1 is 1.67 bits per heavy atom. The maximum Gasteiger partial charge on any atom is 0.328 e. The van der Waals surface area contributed by atoms with E-state index in [4.69, 9.17) is 14.9 Å². The molecule has 0 aromatic rings. The first-order valence-electron chi connectivity index (χ1n) is 4.99. The van der Waals surface area contributed by atoms with Gasteiger partial charge in [-0.15, -0.1) is 0 Å². The van der Waals surface area contributed by atoms with Crippen LogP contribution in [0.4, 0.5) is 0 Å². The molecule has 1 heterocycles. The van der Waals surface area contributed by atoms with Crippen LogP contribution in [0.25, 0.3) is 0 Å². The maximum atomic E-state index is 10.3. The van der Waals surface area contributed by atoms with Crippen LogP contribution >= 0.6 is 0 Å². The van der Waals surface area contributed by atoms with E-state index in [0.717, 1.165) is 6.08 Å². The van der Waals surface area contributed by atoms with Crippen LogP contribution in [0.15, 0.2) is 12.2 Å². The quantitative estimate of drug-likeness (QED) is 0.631. The Morgan fingerprint density at radius 2 is 2.40 bits per heavy atom. The van der Waals surface area contributed by atoms with Gasteiger partial charge in [-0.25, -0.2) is 4.79 Å². The van der Waals surface area contributed by atoms with Crippen molar-refractivity contribution in [1.29, 1.82) is 0 Å². The molecule has 2 atom stereocenters. The molecular formula is C10H17NO4. The number of aliphatic hydroxyl groups is 1. The third-order valence-corrected chi connectivity index (χ3v) is 2.44. The topological polar surface area (TPSA) is 70.0 Å². The standard InChI is InChI=1S/C10H17NO4/c1-8-7-15-9(6-12)5-11(8)4-2-3-10(13)14/h2-3,8-9,12H,4-7H2,1H3,(H,13,14)/b3-2+. The Kier molecular flexibility index (Phi) is 4.74. The fourth-order valence-corrected chi connectivity index (χ4v) is 1.53. The highest BCUT2D eigenvalue weighted by Gasteiger charge is 2.24. The van der Waals surface area contributed by atoms with Crippen LogP contribution in [0.3, 0.4) is 0 Å². The molecular weight excluding hydrogens is 198 g/mol. The van der Waals surface area contributed by atoms with Crippen molar-refractivity contribution in [1.82, 2.24) is 4.90 Å². The normalized spacial score (nSPS) is 28.4. The smallest absolute Gasteiger partial charge is 0.328 e. The molecule has 0 radical (unpaired) electrons. The maximum absolute atomic E-state index is 10.3. The Labute approximate surface area is 89.0 Å². The van der Waals surface area contributed by atoms with Crippen molar-refractivity contribution in [3.8, 4) is 0 Å². The first-order valence-corrected chi connectivity index (χ1v) is 4.99. The predicted molar refractivity (Wildman–Crippen MR) is 54.6 cm³/mol. The molecule has 1 fully saturated rings. The molecule has 1 saturated heterocycles. The third-order valence-electron chi connectivity index (χ3n) is 2.44. The molecule has 15 heavy (non-hydrogen) atoms. The average Bonchev–Trinajstić information content (AvgIpc) is 2.20. The highest BCUT2D eigenvalue weighted by Crippen LogP contribution is 2.10. The molecule has 0 aromatic carbocycles. The van der Waals surface area contributed by atoms with Crippen LogP contribution in [-0.2, 0) is 9.53 Å². The Bertz CT molecular complexity index is 242. The van der Waals surface area contributed by atoms with Gasteiger partial charge in [0.15, 0.2) is 0 Å². The number of hydrogen-bond donors (Lipinski definition) is 2. The van der Waals surface area contributed by atoms with E-state index in [1.807, 2.05) is 6.92 Å². The second-order valence-electron chi connectivity index (χ2n) is 3.68. The van der Waals surface area contributed by atoms with Crippen LogP contribution in [-0.4, -0.2) is 59.5 Å². The molecule has 0 saturated carbocycles. The Balaban J connectivity index is 2.40. The van der Waals surface area contributed by atoms with Gasteiger partial charge >= 0.3 is 5.97 Å². The molecule has 5 nitrogen and oxygen atoms in total. The summed E-state index contributed by atoms with van der Waals surface area (Å²) < 4.78 is 5.36. The van der Waals surface area contributed by atoms with E-state index in [9.17, 15) is 4.79 Å². The van der Waals surface area contributed by atoms with E-state index in [-0.39, 0.29) is 18.8 Å². The van der Waals surface area contributed by atoms with Crippen LogP contribution in [0.2, 0.25) is 0 Å². The van der Waals surface area contributed by atoms with E-state index in [1.165, 1.54) is 0 Å². The lowest BCUT2D eigenvalue weighted by molar-refractivity contribution is -0.131. The fourth-order valence-electron chi connectivity index (χ4n) is 1.53. The number of ether oxygens (including phenoxy) is 1. The number of rotatable bonds is 4. The van der Waals surface area contributed by atoms with Crippen LogP contribution in [0, 0.1) is 0 Å². The van der Waals surface area contributed by atoms with Gasteiger partial charge in [0.25, 0.3) is 0 Å². The number of aliphatic hydroxyl groups excluding tert-OH is 1. The molecule has 0 aromatic heterocycles. The van der Waals surface area contributed by atoms with Crippen LogP contribution in [0.5, 0.6) is 0 Å². The zero-order chi connectivity index (χ0) is 11.3. The summed E-state index contributed by atoms with van der Waals surface area (Å²) in [7, 11) is 0. The monoisotopic (exact) mass is 215 g/mol. The lowest BCUT2D eigenvalue weighted by atomic mass is 10.2. The molecule has 2 unspecified atom stereocenters. The summed E-state index contributed by atoms with van der Waals surface area (Å²) in [6.45, 7) is 3.81. The molecule has 86 valence electrons. The van der Waals surface area contributed by atoms with Gasteiger partial charge in [0.1, 0.15) is 0 Å². The van der Waals surface area contributed by atoms with E-state index in [0.29, 0.717) is 19.7 Å². The minimum Gasteiger partial charge on any atom is -0.478 e. The molecule has 0 spiro atoms. The number of aliphatic carboxylic acids is 1. The van der Waals surface area contributed by atoms with Gasteiger partial charge in [-0.1, -0.05) is 6.08 Å². The van der Waals surface area contributed by atoms with Gasteiger partial charge in [-0.2, -0.15) is 0 Å². The largest absolute Gasteiger partial charge is 0.478 e. The SMILES string of the molecule is CC1COC(CO)CN1C/C=C/C(=O)O. The van der Waals surface area contributed by atoms with Crippen molar-refractivity contribution >= 4 is 5.97 Å². The van der Waals surface area contributed by atoms with Gasteiger partial charge in [-0.3, -0.25) is 4.90 Å². The number of carbonyl (C=O) groups is 1. The summed E-state index contributed by atoms with van der Waals surface area (Å²) in [5, 5.41) is 17.4. The first kappa shape index (κ1) is 12.2. The van der Waals surface area contributed by atoms with E-state index < -0.39 is 5.97 Å². The minimum absolute atomic E-state index is 0.00582. The molecule has 0 bridgehead atoms. The third kappa shape index (κ3) is 3.99. The lowest BCUT2D eigenvalue weighted by Crippen LogP contribution is -2.49. The summed E-state index contributed by atoms with van der Waals surface area (Å²) in [6, 6.07) is 0.256. The number of morpholine rings is 1. The molecule has 0 aliphatic carbocycles. The zero-order valence-electron chi connectivity index (χ0n) is 8.80. The Morgan fingerprint density at radius 3 is 3.00 bits per heavy atom.